The molecule has 0 amide bonds. The van der Waals surface area contributed by atoms with Gasteiger partial charge >= 0.3 is 0 Å². The van der Waals surface area contributed by atoms with Gasteiger partial charge in [0.25, 0.3) is 0 Å². The van der Waals surface area contributed by atoms with Crippen LogP contribution in [0.2, 0.25) is 0 Å². The first-order valence-electron chi connectivity index (χ1n) is 10.3. The van der Waals surface area contributed by atoms with Crippen LogP contribution in [0.1, 0.15) is 29.4 Å². The Kier molecular flexibility index (Phi) is 7.49. The number of nitrogens with one attached hydrogen (secondary N) is 2. The molecule has 1 aromatic heterocycles. The van der Waals surface area contributed by atoms with Crippen LogP contribution in [-0.2, 0) is 13.1 Å². The highest BCUT2D eigenvalue weighted by molar-refractivity contribution is 5.79. The average Bonchev–Trinajstić information content (AvgIpc) is 3.13. The monoisotopic (exact) mass is 405 g/mol. The van der Waals surface area contributed by atoms with Crippen LogP contribution in [0.5, 0.6) is 5.75 Å². The van der Waals surface area contributed by atoms with Gasteiger partial charge in [0.15, 0.2) is 5.96 Å². The van der Waals surface area contributed by atoms with Crippen molar-refractivity contribution in [3.8, 4) is 5.75 Å². The lowest BCUT2D eigenvalue weighted by atomic mass is 10.1. The minimum absolute atomic E-state index is 0.0205. The van der Waals surface area contributed by atoms with Crippen LogP contribution in [0.4, 0.5) is 0 Å². The summed E-state index contributed by atoms with van der Waals surface area (Å²) in [5.41, 5.74) is 3.64. The van der Waals surface area contributed by atoms with Crippen LogP contribution in [0.3, 0.4) is 0 Å². The number of aryl methyl sites for hydroxylation is 2. The number of hydrogen-bond acceptors (Lipinski definition) is 3. The van der Waals surface area contributed by atoms with Crippen molar-refractivity contribution in [3.63, 3.8) is 0 Å². The van der Waals surface area contributed by atoms with Crippen LogP contribution in [0.15, 0.2) is 65.9 Å². The fourth-order valence-corrected chi connectivity index (χ4v) is 3.21. The van der Waals surface area contributed by atoms with Gasteiger partial charge in [-0.2, -0.15) is 0 Å². The smallest absolute Gasteiger partial charge is 0.191 e. The molecule has 2 aromatic carbocycles. The number of aromatic nitrogens is 2. The van der Waals surface area contributed by atoms with E-state index in [1.54, 1.807) is 7.05 Å². The molecule has 0 aliphatic carbocycles. The Morgan fingerprint density at radius 3 is 2.63 bits per heavy atom. The Balaban J connectivity index is 1.48. The first-order chi connectivity index (χ1) is 14.5. The molecule has 3 rings (SSSR count). The molecular weight excluding hydrogens is 374 g/mol. The molecule has 6 nitrogen and oxygen atoms in total. The van der Waals surface area contributed by atoms with E-state index in [0.717, 1.165) is 24.1 Å². The summed E-state index contributed by atoms with van der Waals surface area (Å²) in [6.45, 7) is 8.31. The van der Waals surface area contributed by atoms with Crippen LogP contribution in [0.25, 0.3) is 0 Å². The predicted molar refractivity (Wildman–Crippen MR) is 122 cm³/mol. The molecule has 0 radical (unpaired) electrons. The second-order valence-electron chi connectivity index (χ2n) is 7.47. The van der Waals surface area contributed by atoms with Crippen molar-refractivity contribution in [2.75, 3.05) is 13.6 Å². The third-order valence-corrected chi connectivity index (χ3v) is 4.84. The van der Waals surface area contributed by atoms with E-state index in [9.17, 15) is 0 Å². The van der Waals surface area contributed by atoms with Gasteiger partial charge in [0.1, 0.15) is 17.7 Å². The van der Waals surface area contributed by atoms with Gasteiger partial charge in [0, 0.05) is 32.5 Å². The molecule has 0 fully saturated rings. The average molecular weight is 406 g/mol. The molecule has 0 saturated carbocycles. The van der Waals surface area contributed by atoms with E-state index >= 15 is 0 Å². The van der Waals surface area contributed by atoms with Gasteiger partial charge in [-0.25, -0.2) is 4.98 Å². The van der Waals surface area contributed by atoms with Crippen molar-refractivity contribution in [3.05, 3.63) is 83.4 Å². The summed E-state index contributed by atoms with van der Waals surface area (Å²) in [7, 11) is 1.78. The van der Waals surface area contributed by atoms with Gasteiger partial charge in [-0.05, 0) is 49.6 Å². The highest BCUT2D eigenvalue weighted by atomic mass is 16.5. The Morgan fingerprint density at radius 1 is 1.10 bits per heavy atom. The zero-order chi connectivity index (χ0) is 21.3. The van der Waals surface area contributed by atoms with Gasteiger partial charge in [0.05, 0.1) is 6.54 Å². The number of aliphatic imine (C=N–C) groups is 1. The number of rotatable bonds is 8. The van der Waals surface area contributed by atoms with Gasteiger partial charge < -0.3 is 19.9 Å². The van der Waals surface area contributed by atoms with Gasteiger partial charge in [-0.1, -0.05) is 36.4 Å². The second-order valence-corrected chi connectivity index (χ2v) is 7.47. The lowest BCUT2D eigenvalue weighted by Crippen LogP contribution is -2.41. The topological polar surface area (TPSA) is 63.5 Å². The van der Waals surface area contributed by atoms with Crippen LogP contribution >= 0.6 is 0 Å². The molecule has 6 heteroatoms. The van der Waals surface area contributed by atoms with Crippen molar-refractivity contribution in [1.82, 2.24) is 20.2 Å². The van der Waals surface area contributed by atoms with E-state index in [1.165, 1.54) is 16.7 Å². The van der Waals surface area contributed by atoms with E-state index < -0.39 is 0 Å². The van der Waals surface area contributed by atoms with Crippen LogP contribution < -0.4 is 15.4 Å². The number of guanidine groups is 1. The van der Waals surface area contributed by atoms with Gasteiger partial charge in [-0.3, -0.25) is 4.99 Å². The Labute approximate surface area is 179 Å². The summed E-state index contributed by atoms with van der Waals surface area (Å²) in [5.74, 6) is 2.66. The number of imidazole rings is 1. The molecule has 0 saturated heterocycles. The molecule has 3 aromatic rings. The summed E-state index contributed by atoms with van der Waals surface area (Å²) in [4.78, 5) is 8.60. The molecule has 0 aliphatic rings. The highest BCUT2D eigenvalue weighted by Gasteiger charge is 2.07. The minimum atomic E-state index is 0.0205. The van der Waals surface area contributed by atoms with Crippen molar-refractivity contribution < 1.29 is 4.74 Å². The Bertz CT molecular complexity index is 979. The maximum Gasteiger partial charge on any atom is 0.191 e. The maximum atomic E-state index is 5.98. The van der Waals surface area contributed by atoms with Gasteiger partial charge in [0.2, 0.25) is 0 Å². The second kappa shape index (κ2) is 10.5. The molecule has 2 N–H and O–H groups in total. The quantitative estimate of drug-likeness (QED) is 0.443. The highest BCUT2D eigenvalue weighted by Crippen LogP contribution is 2.14. The van der Waals surface area contributed by atoms with Crippen LogP contribution in [0, 0.1) is 13.8 Å². The van der Waals surface area contributed by atoms with Crippen molar-refractivity contribution in [1.29, 1.82) is 0 Å². The minimum Gasteiger partial charge on any atom is -0.489 e. The number of nitrogens with zero attached hydrogens (tertiary/aromatic N) is 3. The number of hydrogen-bond donors (Lipinski definition) is 2. The lowest BCUT2D eigenvalue weighted by Gasteiger charge is -2.18. The molecule has 0 bridgehead atoms. The lowest BCUT2D eigenvalue weighted by molar-refractivity contribution is 0.223. The number of ether oxygens (including phenoxy) is 1. The van der Waals surface area contributed by atoms with E-state index in [4.69, 9.17) is 4.74 Å². The Hall–Kier alpha value is -3.28. The molecule has 0 aliphatic heterocycles. The predicted octanol–water partition coefficient (Wildman–Crippen LogP) is 3.68. The summed E-state index contributed by atoms with van der Waals surface area (Å²) >= 11 is 0. The van der Waals surface area contributed by atoms with E-state index in [0.29, 0.717) is 13.1 Å². The maximum absolute atomic E-state index is 5.98. The van der Waals surface area contributed by atoms with Crippen molar-refractivity contribution in [2.24, 2.45) is 4.99 Å². The SMILES string of the molecule is CN=C(NCc1cccc(Cn2ccnc2C)c1)NCC(C)Oc1cccc(C)c1. The third-order valence-electron chi connectivity index (χ3n) is 4.84. The summed E-state index contributed by atoms with van der Waals surface area (Å²) < 4.78 is 8.12. The van der Waals surface area contributed by atoms with E-state index in [1.807, 2.05) is 44.4 Å². The molecule has 158 valence electrons. The summed E-state index contributed by atoms with van der Waals surface area (Å²) in [6, 6.07) is 16.7. The normalized spacial score (nSPS) is 12.5. The fourth-order valence-electron chi connectivity index (χ4n) is 3.21. The van der Waals surface area contributed by atoms with Crippen LogP contribution in [-0.4, -0.2) is 35.2 Å². The fraction of sp³-hybridized carbons (Fsp3) is 0.333. The van der Waals surface area contributed by atoms with Crippen molar-refractivity contribution in [2.45, 2.75) is 40.0 Å². The number of benzene rings is 2. The van der Waals surface area contributed by atoms with E-state index in [2.05, 4.69) is 62.4 Å². The molecule has 1 heterocycles. The van der Waals surface area contributed by atoms with Gasteiger partial charge in [-0.15, -0.1) is 0 Å². The van der Waals surface area contributed by atoms with Crippen molar-refractivity contribution >= 4 is 5.96 Å². The van der Waals surface area contributed by atoms with E-state index in [-0.39, 0.29) is 6.10 Å². The summed E-state index contributed by atoms with van der Waals surface area (Å²) in [6.07, 6.45) is 3.86. The molecule has 0 spiro atoms. The standard InChI is InChI=1S/C24H31N5O/c1-18-7-5-10-23(13-18)30-19(2)15-27-24(25-4)28-16-21-8-6-9-22(14-21)17-29-12-11-26-20(29)3/h5-14,19H,15-17H2,1-4H3,(H2,25,27,28). The molecule has 30 heavy (non-hydrogen) atoms. The molecule has 1 unspecified atom stereocenters. The zero-order valence-electron chi connectivity index (χ0n) is 18.2. The third kappa shape index (κ3) is 6.37. The first-order valence-corrected chi connectivity index (χ1v) is 10.3. The summed E-state index contributed by atoms with van der Waals surface area (Å²) in [5, 5.41) is 6.71. The molecular formula is C24H31N5O. The molecule has 1 atom stereocenters. The zero-order valence-corrected chi connectivity index (χ0v) is 18.2. The largest absolute Gasteiger partial charge is 0.489 e. The first kappa shape index (κ1) is 21.4. The Morgan fingerprint density at radius 2 is 1.90 bits per heavy atom.